The number of ether oxygens (including phenoxy) is 2. The lowest BCUT2D eigenvalue weighted by molar-refractivity contribution is 0.0526. The summed E-state index contributed by atoms with van der Waals surface area (Å²) in [7, 11) is 0. The standard InChI is InChI=1S/C32H35N5O5/c1-32(2,3)42-30(39)33-19-11-10-17-27(29(38)37-28-18-9-8-16-26(28)35-36-37)34-31(40)41-20-25-23-14-6-4-12-21(23)22-13-5-7-15-24(22)25/h4-9,12-16,18,25,27H,10-11,17,19-20H2,1-3H3,(H,33,39)(H,34,40). The van der Waals surface area contributed by atoms with Crippen LogP contribution < -0.4 is 10.6 Å². The van der Waals surface area contributed by atoms with Crippen LogP contribution in [-0.4, -0.2) is 57.9 Å². The number of aromatic nitrogens is 3. The number of nitrogens with zero attached hydrogens (tertiary/aromatic N) is 3. The fourth-order valence-electron chi connectivity index (χ4n) is 5.20. The SMILES string of the molecule is CC(C)(C)OC(=O)NCCCCC(NC(=O)OCC1c2ccccc2-c2ccccc21)C(=O)n1nnc2ccccc21. The van der Waals surface area contributed by atoms with Crippen molar-refractivity contribution in [1.29, 1.82) is 0 Å². The Kier molecular flexibility index (Phi) is 8.51. The number of benzene rings is 3. The number of amides is 2. The first-order valence-electron chi connectivity index (χ1n) is 14.1. The van der Waals surface area contributed by atoms with Gasteiger partial charge in [-0.2, -0.15) is 4.68 Å². The van der Waals surface area contributed by atoms with E-state index < -0.39 is 29.7 Å². The zero-order chi connectivity index (χ0) is 29.7. The van der Waals surface area contributed by atoms with Crippen molar-refractivity contribution in [2.24, 2.45) is 0 Å². The van der Waals surface area contributed by atoms with Gasteiger partial charge in [-0.15, -0.1) is 5.10 Å². The van der Waals surface area contributed by atoms with Crippen molar-refractivity contribution in [3.63, 3.8) is 0 Å². The summed E-state index contributed by atoms with van der Waals surface area (Å²) in [5.41, 5.74) is 5.01. The molecule has 0 aliphatic heterocycles. The van der Waals surface area contributed by atoms with Crippen LogP contribution in [0, 0.1) is 0 Å². The molecular formula is C32H35N5O5. The molecule has 42 heavy (non-hydrogen) atoms. The average molecular weight is 570 g/mol. The summed E-state index contributed by atoms with van der Waals surface area (Å²) in [6.45, 7) is 5.89. The monoisotopic (exact) mass is 569 g/mol. The summed E-state index contributed by atoms with van der Waals surface area (Å²) >= 11 is 0. The second kappa shape index (κ2) is 12.4. The largest absolute Gasteiger partial charge is 0.449 e. The van der Waals surface area contributed by atoms with Gasteiger partial charge in [0.1, 0.15) is 23.8 Å². The van der Waals surface area contributed by atoms with Crippen molar-refractivity contribution in [1.82, 2.24) is 25.6 Å². The second-order valence-corrected chi connectivity index (χ2v) is 11.3. The van der Waals surface area contributed by atoms with E-state index in [1.54, 1.807) is 39.0 Å². The van der Waals surface area contributed by atoms with E-state index in [2.05, 4.69) is 45.2 Å². The summed E-state index contributed by atoms with van der Waals surface area (Å²) < 4.78 is 12.2. The van der Waals surface area contributed by atoms with E-state index in [-0.39, 0.29) is 12.5 Å². The summed E-state index contributed by atoms with van der Waals surface area (Å²) in [4.78, 5) is 38.6. The summed E-state index contributed by atoms with van der Waals surface area (Å²) in [6, 6.07) is 22.4. The zero-order valence-electron chi connectivity index (χ0n) is 24.0. The van der Waals surface area contributed by atoms with Crippen molar-refractivity contribution < 1.29 is 23.9 Å². The first-order chi connectivity index (χ1) is 20.2. The number of nitrogens with one attached hydrogen (secondary N) is 2. The number of alkyl carbamates (subject to hydrolysis) is 2. The van der Waals surface area contributed by atoms with Gasteiger partial charge in [0, 0.05) is 12.5 Å². The molecule has 10 nitrogen and oxygen atoms in total. The highest BCUT2D eigenvalue weighted by molar-refractivity contribution is 5.93. The quantitative estimate of drug-likeness (QED) is 0.249. The van der Waals surface area contributed by atoms with Crippen LogP contribution in [0.15, 0.2) is 72.8 Å². The molecule has 1 aromatic heterocycles. The van der Waals surface area contributed by atoms with Gasteiger partial charge in [-0.1, -0.05) is 65.9 Å². The number of para-hydroxylation sites is 1. The topological polar surface area (TPSA) is 124 Å². The Morgan fingerprint density at radius 2 is 1.52 bits per heavy atom. The smallest absolute Gasteiger partial charge is 0.407 e. The molecule has 1 aliphatic carbocycles. The normalized spacial score (nSPS) is 13.2. The number of unbranched alkanes of at least 4 members (excludes halogenated alkanes) is 1. The summed E-state index contributed by atoms with van der Waals surface area (Å²) in [6.07, 6.45) is 0.246. The van der Waals surface area contributed by atoms with Crippen LogP contribution >= 0.6 is 0 Å². The van der Waals surface area contributed by atoms with Gasteiger partial charge in [0.2, 0.25) is 0 Å². The Morgan fingerprint density at radius 1 is 0.881 bits per heavy atom. The third-order valence-corrected chi connectivity index (χ3v) is 7.08. The van der Waals surface area contributed by atoms with E-state index >= 15 is 0 Å². The first kappa shape index (κ1) is 28.8. The van der Waals surface area contributed by atoms with Crippen molar-refractivity contribution >= 4 is 29.1 Å². The molecule has 0 fully saturated rings. The van der Waals surface area contributed by atoms with Crippen LogP contribution in [0.5, 0.6) is 0 Å². The van der Waals surface area contributed by atoms with Crippen LogP contribution in [0.2, 0.25) is 0 Å². The van der Waals surface area contributed by atoms with Crippen LogP contribution in [0.3, 0.4) is 0 Å². The zero-order valence-corrected chi connectivity index (χ0v) is 24.0. The van der Waals surface area contributed by atoms with Gasteiger partial charge in [0.25, 0.3) is 5.91 Å². The minimum atomic E-state index is -0.910. The molecule has 1 unspecified atom stereocenters. The molecule has 4 aromatic rings. The van der Waals surface area contributed by atoms with Crippen LogP contribution in [0.4, 0.5) is 9.59 Å². The van der Waals surface area contributed by atoms with Gasteiger partial charge in [-0.3, -0.25) is 4.79 Å². The number of carbonyl (C=O) groups is 3. The molecule has 10 heteroatoms. The lowest BCUT2D eigenvalue weighted by Gasteiger charge is -2.20. The third-order valence-electron chi connectivity index (χ3n) is 7.08. The number of rotatable bonds is 9. The van der Waals surface area contributed by atoms with Crippen molar-refractivity contribution in [2.45, 2.75) is 57.6 Å². The molecule has 2 N–H and O–H groups in total. The Labute approximate surface area is 244 Å². The molecule has 1 aliphatic rings. The van der Waals surface area contributed by atoms with Gasteiger partial charge in [-0.25, -0.2) is 9.59 Å². The number of hydrogen-bond acceptors (Lipinski definition) is 7. The van der Waals surface area contributed by atoms with Gasteiger partial charge in [-0.05, 0) is 74.4 Å². The lowest BCUT2D eigenvalue weighted by Crippen LogP contribution is -2.44. The Bertz CT molecular complexity index is 1550. The summed E-state index contributed by atoms with van der Waals surface area (Å²) in [5, 5.41) is 13.6. The van der Waals surface area contributed by atoms with E-state index in [1.807, 2.05) is 30.3 Å². The van der Waals surface area contributed by atoms with Crippen LogP contribution in [-0.2, 0) is 9.47 Å². The van der Waals surface area contributed by atoms with Gasteiger partial charge < -0.3 is 20.1 Å². The van der Waals surface area contributed by atoms with Gasteiger partial charge in [0.15, 0.2) is 0 Å². The fourth-order valence-corrected chi connectivity index (χ4v) is 5.20. The maximum atomic E-state index is 13.6. The predicted octanol–water partition coefficient (Wildman–Crippen LogP) is 5.67. The molecule has 5 rings (SSSR count). The van der Waals surface area contributed by atoms with Crippen LogP contribution in [0.1, 0.15) is 61.9 Å². The Balaban J connectivity index is 1.24. The minimum Gasteiger partial charge on any atom is -0.449 e. The van der Waals surface area contributed by atoms with Crippen molar-refractivity contribution in [2.75, 3.05) is 13.2 Å². The van der Waals surface area contributed by atoms with E-state index in [0.29, 0.717) is 36.8 Å². The molecule has 0 bridgehead atoms. The van der Waals surface area contributed by atoms with E-state index in [9.17, 15) is 14.4 Å². The molecule has 1 heterocycles. The Hall–Kier alpha value is -4.73. The minimum absolute atomic E-state index is 0.101. The molecular weight excluding hydrogens is 534 g/mol. The molecule has 0 saturated carbocycles. The second-order valence-electron chi connectivity index (χ2n) is 11.3. The van der Waals surface area contributed by atoms with E-state index in [1.165, 1.54) is 4.68 Å². The third kappa shape index (κ3) is 6.59. The number of hydrogen-bond donors (Lipinski definition) is 2. The molecule has 218 valence electrons. The molecule has 0 saturated heterocycles. The molecule has 0 spiro atoms. The maximum absolute atomic E-state index is 13.6. The number of fused-ring (bicyclic) bond motifs is 4. The van der Waals surface area contributed by atoms with Gasteiger partial charge >= 0.3 is 12.2 Å². The van der Waals surface area contributed by atoms with Crippen LogP contribution in [0.25, 0.3) is 22.2 Å². The molecule has 1 atom stereocenters. The van der Waals surface area contributed by atoms with Crippen molar-refractivity contribution in [3.05, 3.63) is 83.9 Å². The van der Waals surface area contributed by atoms with E-state index in [4.69, 9.17) is 9.47 Å². The fraction of sp³-hybridized carbons (Fsp3) is 0.344. The molecule has 3 aromatic carbocycles. The highest BCUT2D eigenvalue weighted by Crippen LogP contribution is 2.44. The summed E-state index contributed by atoms with van der Waals surface area (Å²) in [5.74, 6) is -0.521. The predicted molar refractivity (Wildman–Crippen MR) is 158 cm³/mol. The van der Waals surface area contributed by atoms with Gasteiger partial charge in [0.05, 0.1) is 5.52 Å². The maximum Gasteiger partial charge on any atom is 0.407 e. The first-order valence-corrected chi connectivity index (χ1v) is 14.1. The average Bonchev–Trinajstić information content (AvgIpc) is 3.53. The van der Waals surface area contributed by atoms with Crippen molar-refractivity contribution in [3.8, 4) is 11.1 Å². The van der Waals surface area contributed by atoms with E-state index in [0.717, 1.165) is 22.3 Å². The highest BCUT2D eigenvalue weighted by Gasteiger charge is 2.30. The molecule has 0 radical (unpaired) electrons. The number of carbonyl (C=O) groups excluding carboxylic acids is 3. The Morgan fingerprint density at radius 3 is 2.21 bits per heavy atom. The highest BCUT2D eigenvalue weighted by atomic mass is 16.6. The molecule has 2 amide bonds. The lowest BCUT2D eigenvalue weighted by atomic mass is 9.98.